The van der Waals surface area contributed by atoms with Gasteiger partial charge >= 0.3 is 11.9 Å². The van der Waals surface area contributed by atoms with Gasteiger partial charge in [-0.1, -0.05) is 48.5 Å². The number of carboxylic acid groups (broad SMARTS) is 2. The molecule has 0 heterocycles. The average molecular weight is 383 g/mol. The molecule has 5 unspecified atom stereocenters. The van der Waals surface area contributed by atoms with Crippen molar-refractivity contribution < 1.29 is 19.8 Å². The van der Waals surface area contributed by atoms with Gasteiger partial charge < -0.3 is 10.2 Å². The van der Waals surface area contributed by atoms with E-state index in [4.69, 9.17) is 10.2 Å². The predicted octanol–water partition coefficient (Wildman–Crippen LogP) is 6.09. The highest BCUT2D eigenvalue weighted by molar-refractivity contribution is 5.69. The lowest BCUT2D eigenvalue weighted by molar-refractivity contribution is -0.144. The van der Waals surface area contributed by atoms with E-state index in [0.717, 1.165) is 25.7 Å². The molecule has 5 atom stereocenters. The van der Waals surface area contributed by atoms with E-state index >= 15 is 0 Å². The first-order valence-electron chi connectivity index (χ1n) is 10.7. The van der Waals surface area contributed by atoms with Crippen LogP contribution in [0.25, 0.3) is 0 Å². The minimum atomic E-state index is -0.644. The van der Waals surface area contributed by atoms with E-state index in [2.05, 4.69) is 41.5 Å². The van der Waals surface area contributed by atoms with Crippen LogP contribution in [-0.2, 0) is 9.59 Å². The van der Waals surface area contributed by atoms with Gasteiger partial charge in [-0.3, -0.25) is 9.59 Å². The Morgan fingerprint density at radius 1 is 0.889 bits per heavy atom. The third kappa shape index (κ3) is 8.66. The van der Waals surface area contributed by atoms with Crippen molar-refractivity contribution in [1.29, 1.82) is 0 Å². The molecule has 2 aliphatic carbocycles. The average Bonchev–Trinajstić information content (AvgIpc) is 2.41. The SMILES string of the molecule is CC1CC(C(C)C(=O)O)CC(C)(C)C1.CC1CC(CC(=O)O)CC(C)(C)C1. The molecular formula is C23H42O4. The molecule has 0 aromatic carbocycles. The Balaban J connectivity index is 0.000000271. The minimum Gasteiger partial charge on any atom is -0.481 e. The van der Waals surface area contributed by atoms with Gasteiger partial charge in [0.1, 0.15) is 0 Å². The number of aliphatic carboxylic acids is 2. The summed E-state index contributed by atoms with van der Waals surface area (Å²) in [6.07, 6.45) is 7.13. The summed E-state index contributed by atoms with van der Waals surface area (Å²) in [6, 6.07) is 0. The van der Waals surface area contributed by atoms with E-state index in [1.54, 1.807) is 0 Å². The number of carboxylic acids is 2. The number of carbonyl (C=O) groups is 2. The van der Waals surface area contributed by atoms with Gasteiger partial charge in [-0.05, 0) is 73.0 Å². The van der Waals surface area contributed by atoms with E-state index in [1.165, 1.54) is 12.8 Å². The summed E-state index contributed by atoms with van der Waals surface area (Å²) in [5.41, 5.74) is 0.670. The molecule has 2 rings (SSSR count). The molecule has 0 radical (unpaired) electrons. The van der Waals surface area contributed by atoms with Crippen LogP contribution in [0.15, 0.2) is 0 Å². The topological polar surface area (TPSA) is 74.6 Å². The van der Waals surface area contributed by atoms with Crippen LogP contribution in [0.3, 0.4) is 0 Å². The maximum absolute atomic E-state index is 10.9. The molecule has 0 saturated heterocycles. The largest absolute Gasteiger partial charge is 0.481 e. The van der Waals surface area contributed by atoms with Crippen molar-refractivity contribution in [3.05, 3.63) is 0 Å². The quantitative estimate of drug-likeness (QED) is 0.616. The summed E-state index contributed by atoms with van der Waals surface area (Å²) >= 11 is 0. The molecule has 2 saturated carbocycles. The molecule has 4 heteroatoms. The lowest BCUT2D eigenvalue weighted by Crippen LogP contribution is -2.33. The van der Waals surface area contributed by atoms with Gasteiger partial charge in [-0.2, -0.15) is 0 Å². The molecule has 2 N–H and O–H groups in total. The Labute approximate surface area is 166 Å². The second-order valence-corrected chi connectivity index (χ2v) is 11.2. The van der Waals surface area contributed by atoms with Crippen molar-refractivity contribution in [2.75, 3.05) is 0 Å². The Bertz CT molecular complexity index is 509. The van der Waals surface area contributed by atoms with E-state index in [1.807, 2.05) is 6.92 Å². The van der Waals surface area contributed by atoms with Crippen LogP contribution in [-0.4, -0.2) is 22.2 Å². The summed E-state index contributed by atoms with van der Waals surface area (Å²) in [7, 11) is 0. The fraction of sp³-hybridized carbons (Fsp3) is 0.913. The summed E-state index contributed by atoms with van der Waals surface area (Å²) in [4.78, 5) is 21.5. The number of hydrogen-bond acceptors (Lipinski definition) is 2. The first-order valence-corrected chi connectivity index (χ1v) is 10.7. The van der Waals surface area contributed by atoms with Gasteiger partial charge in [0.2, 0.25) is 0 Å². The first-order chi connectivity index (χ1) is 12.2. The second kappa shape index (κ2) is 9.43. The smallest absolute Gasteiger partial charge is 0.306 e. The molecule has 0 spiro atoms. The molecule has 27 heavy (non-hydrogen) atoms. The summed E-state index contributed by atoms with van der Waals surface area (Å²) < 4.78 is 0. The Kier molecular flexibility index (Phi) is 8.37. The normalized spacial score (nSPS) is 33.3. The minimum absolute atomic E-state index is 0.183. The molecule has 4 nitrogen and oxygen atoms in total. The number of hydrogen-bond donors (Lipinski definition) is 2. The third-order valence-electron chi connectivity index (χ3n) is 6.46. The van der Waals surface area contributed by atoms with Crippen LogP contribution >= 0.6 is 0 Å². The zero-order valence-corrected chi connectivity index (χ0v) is 18.5. The lowest BCUT2D eigenvalue weighted by atomic mass is 9.65. The Morgan fingerprint density at radius 3 is 1.78 bits per heavy atom. The van der Waals surface area contributed by atoms with Crippen LogP contribution in [0.5, 0.6) is 0 Å². The summed E-state index contributed by atoms with van der Waals surface area (Å²) in [5, 5.41) is 17.7. The molecule has 158 valence electrons. The molecule has 0 aromatic rings. The van der Waals surface area contributed by atoms with Gasteiger partial charge in [0.05, 0.1) is 5.92 Å². The highest BCUT2D eigenvalue weighted by Crippen LogP contribution is 2.44. The molecule has 0 aliphatic heterocycles. The standard InChI is InChI=1S/C12H22O2.C11H20O2/c1-8-5-10(9(2)11(13)14)7-12(3,4)6-8;1-8-4-9(5-10(12)13)7-11(2,3)6-8/h8-10H,5-7H2,1-4H3,(H,13,14);8-9H,4-7H2,1-3H3,(H,12,13). The highest BCUT2D eigenvalue weighted by Gasteiger charge is 2.36. The van der Waals surface area contributed by atoms with Crippen LogP contribution < -0.4 is 0 Å². The summed E-state index contributed by atoms with van der Waals surface area (Å²) in [5.74, 6) is 0.660. The van der Waals surface area contributed by atoms with Crippen molar-refractivity contribution in [2.45, 2.75) is 93.4 Å². The number of rotatable bonds is 4. The van der Waals surface area contributed by atoms with Crippen LogP contribution in [0.4, 0.5) is 0 Å². The maximum Gasteiger partial charge on any atom is 0.306 e. The van der Waals surface area contributed by atoms with Gasteiger partial charge in [0, 0.05) is 6.42 Å². The van der Waals surface area contributed by atoms with E-state index in [9.17, 15) is 9.59 Å². The molecule has 2 fully saturated rings. The zero-order chi connectivity index (χ0) is 21.0. The lowest BCUT2D eigenvalue weighted by Gasteiger charge is -2.40. The fourth-order valence-electron chi connectivity index (χ4n) is 5.95. The molecule has 0 aromatic heterocycles. The van der Waals surface area contributed by atoms with Gasteiger partial charge in [0.25, 0.3) is 0 Å². The van der Waals surface area contributed by atoms with Gasteiger partial charge in [0.15, 0.2) is 0 Å². The Morgan fingerprint density at radius 2 is 1.37 bits per heavy atom. The zero-order valence-electron chi connectivity index (χ0n) is 18.5. The van der Waals surface area contributed by atoms with Crippen LogP contribution in [0.1, 0.15) is 93.4 Å². The monoisotopic (exact) mass is 382 g/mol. The third-order valence-corrected chi connectivity index (χ3v) is 6.46. The Hall–Kier alpha value is -1.06. The highest BCUT2D eigenvalue weighted by atomic mass is 16.4. The molecule has 0 amide bonds. The first kappa shape index (κ1) is 24.0. The van der Waals surface area contributed by atoms with Crippen LogP contribution in [0, 0.1) is 40.4 Å². The fourth-order valence-corrected chi connectivity index (χ4v) is 5.95. The van der Waals surface area contributed by atoms with Crippen molar-refractivity contribution >= 4 is 11.9 Å². The van der Waals surface area contributed by atoms with Gasteiger partial charge in [-0.25, -0.2) is 0 Å². The van der Waals surface area contributed by atoms with Crippen molar-refractivity contribution in [3.8, 4) is 0 Å². The van der Waals surface area contributed by atoms with Gasteiger partial charge in [-0.15, -0.1) is 0 Å². The van der Waals surface area contributed by atoms with E-state index < -0.39 is 11.9 Å². The molecule has 2 aliphatic rings. The molecular weight excluding hydrogens is 340 g/mol. The van der Waals surface area contributed by atoms with Crippen molar-refractivity contribution in [3.63, 3.8) is 0 Å². The van der Waals surface area contributed by atoms with Crippen molar-refractivity contribution in [2.24, 2.45) is 40.4 Å². The predicted molar refractivity (Wildman–Crippen MR) is 110 cm³/mol. The molecule has 0 bridgehead atoms. The summed E-state index contributed by atoms with van der Waals surface area (Å²) in [6.45, 7) is 15.3. The van der Waals surface area contributed by atoms with Crippen molar-refractivity contribution in [1.82, 2.24) is 0 Å². The maximum atomic E-state index is 10.9. The van der Waals surface area contributed by atoms with E-state index in [-0.39, 0.29) is 5.92 Å². The van der Waals surface area contributed by atoms with Crippen LogP contribution in [0.2, 0.25) is 0 Å². The second-order valence-electron chi connectivity index (χ2n) is 11.2. The van der Waals surface area contributed by atoms with E-state index in [0.29, 0.717) is 40.9 Å².